The van der Waals surface area contributed by atoms with Gasteiger partial charge in [0.25, 0.3) is 0 Å². The minimum atomic E-state index is -0.469. The standard InChI is InChI=1S/C13H17Cl2FN2.ClH/c14-12-10(3-4-11(16)13(12)15)8-18-5-1-2-9(6-17)7-18;/h3-4,9H,1-2,5-8,17H2;1H. The molecule has 0 aliphatic carbocycles. The van der Waals surface area contributed by atoms with Gasteiger partial charge < -0.3 is 5.73 Å². The maximum absolute atomic E-state index is 13.2. The molecule has 0 aromatic heterocycles. The number of rotatable bonds is 3. The van der Waals surface area contributed by atoms with E-state index in [1.54, 1.807) is 6.07 Å². The molecule has 1 fully saturated rings. The Kier molecular flexibility index (Phi) is 6.84. The Labute approximate surface area is 129 Å². The minimum Gasteiger partial charge on any atom is -0.330 e. The Hall–Kier alpha value is -0.0600. The van der Waals surface area contributed by atoms with Gasteiger partial charge in [-0.2, -0.15) is 0 Å². The molecule has 0 saturated carbocycles. The van der Waals surface area contributed by atoms with Crippen molar-refractivity contribution in [3.05, 3.63) is 33.6 Å². The molecule has 2 nitrogen and oxygen atoms in total. The highest BCUT2D eigenvalue weighted by atomic mass is 35.5. The molecule has 1 aromatic rings. The summed E-state index contributed by atoms with van der Waals surface area (Å²) in [6.45, 7) is 3.42. The van der Waals surface area contributed by atoms with E-state index in [0.29, 0.717) is 24.0 Å². The Morgan fingerprint density at radius 2 is 2.05 bits per heavy atom. The van der Waals surface area contributed by atoms with E-state index in [0.717, 1.165) is 25.1 Å². The maximum Gasteiger partial charge on any atom is 0.143 e. The molecular weight excluding hydrogens is 310 g/mol. The molecule has 1 aromatic carbocycles. The minimum absolute atomic E-state index is 0. The fraction of sp³-hybridized carbons (Fsp3) is 0.538. The van der Waals surface area contributed by atoms with Crippen molar-refractivity contribution in [2.75, 3.05) is 19.6 Å². The number of hydrogen-bond donors (Lipinski definition) is 1. The Morgan fingerprint density at radius 3 is 2.74 bits per heavy atom. The van der Waals surface area contributed by atoms with Gasteiger partial charge in [-0.15, -0.1) is 12.4 Å². The van der Waals surface area contributed by atoms with Gasteiger partial charge in [0.05, 0.1) is 10.0 Å². The maximum atomic E-state index is 13.2. The normalized spacial score (nSPS) is 20.1. The van der Waals surface area contributed by atoms with Crippen molar-refractivity contribution >= 4 is 35.6 Å². The van der Waals surface area contributed by atoms with Crippen LogP contribution in [0.2, 0.25) is 10.0 Å². The summed E-state index contributed by atoms with van der Waals surface area (Å²) in [6.07, 6.45) is 2.33. The molecule has 1 aliphatic rings. The topological polar surface area (TPSA) is 29.3 Å². The van der Waals surface area contributed by atoms with Crippen molar-refractivity contribution in [1.82, 2.24) is 4.90 Å². The van der Waals surface area contributed by atoms with Gasteiger partial charge in [-0.1, -0.05) is 29.3 Å². The lowest BCUT2D eigenvalue weighted by atomic mass is 9.98. The lowest BCUT2D eigenvalue weighted by Gasteiger charge is -2.32. The van der Waals surface area contributed by atoms with Crippen LogP contribution in [0.15, 0.2) is 12.1 Å². The Bertz CT molecular complexity index is 429. The van der Waals surface area contributed by atoms with Crippen LogP contribution in [0.1, 0.15) is 18.4 Å². The zero-order valence-corrected chi connectivity index (χ0v) is 12.9. The second-order valence-corrected chi connectivity index (χ2v) is 5.57. The van der Waals surface area contributed by atoms with E-state index < -0.39 is 5.82 Å². The third kappa shape index (κ3) is 4.20. The highest BCUT2D eigenvalue weighted by molar-refractivity contribution is 6.42. The lowest BCUT2D eigenvalue weighted by Crippen LogP contribution is -2.37. The van der Waals surface area contributed by atoms with E-state index in [1.165, 1.54) is 12.5 Å². The summed E-state index contributed by atoms with van der Waals surface area (Å²) < 4.78 is 13.2. The summed E-state index contributed by atoms with van der Waals surface area (Å²) in [7, 11) is 0. The van der Waals surface area contributed by atoms with Crippen molar-refractivity contribution in [3.63, 3.8) is 0 Å². The summed E-state index contributed by atoms with van der Waals surface area (Å²) in [5, 5.41) is 0.341. The van der Waals surface area contributed by atoms with E-state index in [4.69, 9.17) is 28.9 Å². The van der Waals surface area contributed by atoms with Gasteiger partial charge in [-0.05, 0) is 43.5 Å². The highest BCUT2D eigenvalue weighted by Crippen LogP contribution is 2.30. The van der Waals surface area contributed by atoms with Crippen LogP contribution in [-0.4, -0.2) is 24.5 Å². The van der Waals surface area contributed by atoms with Gasteiger partial charge in [0.15, 0.2) is 0 Å². The summed E-state index contributed by atoms with van der Waals surface area (Å²) in [6, 6.07) is 3.07. The lowest BCUT2D eigenvalue weighted by molar-refractivity contribution is 0.171. The number of nitrogens with two attached hydrogens (primary N) is 1. The van der Waals surface area contributed by atoms with E-state index in [2.05, 4.69) is 4.90 Å². The van der Waals surface area contributed by atoms with Gasteiger partial charge in [0.1, 0.15) is 5.82 Å². The first-order valence-electron chi connectivity index (χ1n) is 6.16. The first kappa shape index (κ1) is 17.0. The molecule has 0 bridgehead atoms. The molecule has 1 heterocycles. The molecular formula is C13H18Cl3FN2. The summed E-state index contributed by atoms with van der Waals surface area (Å²) in [4.78, 5) is 2.30. The van der Waals surface area contributed by atoms with Crippen LogP contribution in [-0.2, 0) is 6.54 Å². The average Bonchev–Trinajstić information content (AvgIpc) is 2.40. The van der Waals surface area contributed by atoms with Crippen LogP contribution < -0.4 is 5.73 Å². The van der Waals surface area contributed by atoms with E-state index in [9.17, 15) is 4.39 Å². The number of piperidine rings is 1. The Morgan fingerprint density at radius 1 is 1.32 bits per heavy atom. The van der Waals surface area contributed by atoms with E-state index >= 15 is 0 Å². The molecule has 0 amide bonds. The number of likely N-dealkylation sites (tertiary alicyclic amines) is 1. The summed E-state index contributed by atoms with van der Waals surface area (Å²) in [5.74, 6) is 0.0809. The van der Waals surface area contributed by atoms with Crippen LogP contribution in [0, 0.1) is 11.7 Å². The van der Waals surface area contributed by atoms with Crippen molar-refractivity contribution < 1.29 is 4.39 Å². The second-order valence-electron chi connectivity index (χ2n) is 4.81. The molecule has 0 radical (unpaired) electrons. The van der Waals surface area contributed by atoms with Crippen LogP contribution in [0.3, 0.4) is 0 Å². The zero-order chi connectivity index (χ0) is 13.1. The van der Waals surface area contributed by atoms with E-state index in [-0.39, 0.29) is 17.4 Å². The molecule has 108 valence electrons. The molecule has 1 saturated heterocycles. The number of hydrogen-bond acceptors (Lipinski definition) is 2. The first-order valence-corrected chi connectivity index (χ1v) is 6.92. The SMILES string of the molecule is Cl.NCC1CCCN(Cc2ccc(F)c(Cl)c2Cl)C1. The van der Waals surface area contributed by atoms with Crippen molar-refractivity contribution in [2.24, 2.45) is 11.7 Å². The third-order valence-electron chi connectivity index (χ3n) is 3.45. The molecule has 2 N–H and O–H groups in total. The summed E-state index contributed by atoms with van der Waals surface area (Å²) in [5.41, 5.74) is 6.58. The average molecular weight is 328 g/mol. The van der Waals surface area contributed by atoms with Crippen LogP contribution in [0.25, 0.3) is 0 Å². The van der Waals surface area contributed by atoms with Gasteiger partial charge in [-0.25, -0.2) is 4.39 Å². The number of benzene rings is 1. The molecule has 19 heavy (non-hydrogen) atoms. The summed E-state index contributed by atoms with van der Waals surface area (Å²) >= 11 is 11.9. The second kappa shape index (κ2) is 7.65. The van der Waals surface area contributed by atoms with Crippen molar-refractivity contribution in [3.8, 4) is 0 Å². The fourth-order valence-electron chi connectivity index (χ4n) is 2.42. The van der Waals surface area contributed by atoms with Gasteiger partial charge in [0.2, 0.25) is 0 Å². The smallest absolute Gasteiger partial charge is 0.143 e. The molecule has 1 unspecified atom stereocenters. The third-order valence-corrected chi connectivity index (χ3v) is 4.34. The zero-order valence-electron chi connectivity index (χ0n) is 10.5. The largest absolute Gasteiger partial charge is 0.330 e. The van der Waals surface area contributed by atoms with Crippen molar-refractivity contribution in [2.45, 2.75) is 19.4 Å². The van der Waals surface area contributed by atoms with Crippen LogP contribution in [0.4, 0.5) is 4.39 Å². The monoisotopic (exact) mass is 326 g/mol. The van der Waals surface area contributed by atoms with Gasteiger partial charge in [0, 0.05) is 13.1 Å². The molecule has 1 atom stereocenters. The number of nitrogens with zero attached hydrogens (tertiary/aromatic N) is 1. The van der Waals surface area contributed by atoms with E-state index in [1.807, 2.05) is 0 Å². The van der Waals surface area contributed by atoms with Crippen LogP contribution >= 0.6 is 35.6 Å². The van der Waals surface area contributed by atoms with Gasteiger partial charge in [-0.3, -0.25) is 4.90 Å². The predicted octanol–water partition coefficient (Wildman–Crippen LogP) is 3.73. The highest BCUT2D eigenvalue weighted by Gasteiger charge is 2.20. The van der Waals surface area contributed by atoms with Crippen molar-refractivity contribution in [1.29, 1.82) is 0 Å². The first-order chi connectivity index (χ1) is 8.61. The van der Waals surface area contributed by atoms with Crippen LogP contribution in [0.5, 0.6) is 0 Å². The Balaban J connectivity index is 0.00000180. The predicted molar refractivity (Wildman–Crippen MR) is 80.7 cm³/mol. The number of halogens is 4. The molecule has 1 aliphatic heterocycles. The quantitative estimate of drug-likeness (QED) is 0.857. The molecule has 2 rings (SSSR count). The van der Waals surface area contributed by atoms with Gasteiger partial charge >= 0.3 is 0 Å². The fourth-order valence-corrected chi connectivity index (χ4v) is 2.81. The molecule has 6 heteroatoms. The molecule has 0 spiro atoms.